The summed E-state index contributed by atoms with van der Waals surface area (Å²) < 4.78 is 0. The lowest BCUT2D eigenvalue weighted by atomic mass is 10.2. The summed E-state index contributed by atoms with van der Waals surface area (Å²) in [7, 11) is 0. The van der Waals surface area contributed by atoms with Gasteiger partial charge in [0.05, 0.1) is 0 Å². The molecule has 1 nitrogen and oxygen atoms in total. The first kappa shape index (κ1) is 8.41. The van der Waals surface area contributed by atoms with E-state index in [2.05, 4.69) is 30.5 Å². The Morgan fingerprint density at radius 3 is 2.60 bits per heavy atom. The van der Waals surface area contributed by atoms with Crippen LogP contribution in [0.3, 0.4) is 0 Å². The zero-order valence-corrected chi connectivity index (χ0v) is 7.49. The molecule has 1 aliphatic rings. The van der Waals surface area contributed by atoms with Crippen LogP contribution in [-0.2, 0) is 0 Å². The summed E-state index contributed by atoms with van der Waals surface area (Å²) in [6.07, 6.45) is 0. The van der Waals surface area contributed by atoms with E-state index in [1.807, 2.05) is 0 Å². The van der Waals surface area contributed by atoms with E-state index in [0.717, 1.165) is 0 Å². The van der Waals surface area contributed by atoms with Gasteiger partial charge in [-0.05, 0) is 12.8 Å². The minimum atomic E-state index is 0.586. The Morgan fingerprint density at radius 1 is 1.50 bits per heavy atom. The largest absolute Gasteiger partial charge is 0.301 e. The number of hydrogen-bond donors (Lipinski definition) is 0. The quantitative estimate of drug-likeness (QED) is 0.599. The summed E-state index contributed by atoms with van der Waals surface area (Å²) in [6.45, 7) is 9.88. The number of rotatable bonds is 2. The van der Waals surface area contributed by atoms with Crippen molar-refractivity contribution in [1.29, 1.82) is 0 Å². The Balaban J connectivity index is 2.13. The maximum Gasteiger partial charge on any atom is 0.00728 e. The molecule has 1 rings (SSSR count). The molecule has 1 atom stereocenters. The normalized spacial score (nSPS) is 21.9. The summed E-state index contributed by atoms with van der Waals surface area (Å²) in [5.41, 5.74) is 0. The van der Waals surface area contributed by atoms with Crippen LogP contribution in [-0.4, -0.2) is 36.0 Å². The second-order valence-corrected chi connectivity index (χ2v) is 4.24. The van der Waals surface area contributed by atoms with Gasteiger partial charge in [-0.25, -0.2) is 0 Å². The molecule has 1 heterocycles. The average molecular weight is 158 g/mol. The Hall–Kier alpha value is 0.310. The van der Waals surface area contributed by atoms with Crippen LogP contribution in [0, 0.1) is 12.8 Å². The molecule has 0 N–H and O–H groups in total. The van der Waals surface area contributed by atoms with E-state index in [1.54, 1.807) is 0 Å². The highest BCUT2D eigenvalue weighted by molar-refractivity contribution is 7.99. The molecule has 0 bridgehead atoms. The first-order valence-corrected chi connectivity index (χ1v) is 5.07. The standard InChI is InChI=1S/C8H16NS/c1-8(2)7-9-3-5-10-6-4-9/h8H,1,3-7H2,2H3. The topological polar surface area (TPSA) is 3.24 Å². The highest BCUT2D eigenvalue weighted by Crippen LogP contribution is 2.10. The summed E-state index contributed by atoms with van der Waals surface area (Å²) in [5.74, 6) is 3.21. The summed E-state index contributed by atoms with van der Waals surface area (Å²) in [4.78, 5) is 2.51. The van der Waals surface area contributed by atoms with Crippen molar-refractivity contribution in [3.05, 3.63) is 6.92 Å². The van der Waals surface area contributed by atoms with E-state index < -0.39 is 0 Å². The van der Waals surface area contributed by atoms with Crippen molar-refractivity contribution in [2.24, 2.45) is 5.92 Å². The van der Waals surface area contributed by atoms with Crippen molar-refractivity contribution in [1.82, 2.24) is 4.90 Å². The molecule has 0 aromatic carbocycles. The molecule has 1 aliphatic heterocycles. The Labute approximate surface area is 68.2 Å². The fraction of sp³-hybridized carbons (Fsp3) is 0.875. The first-order chi connectivity index (χ1) is 4.79. The second-order valence-electron chi connectivity index (χ2n) is 3.02. The van der Waals surface area contributed by atoms with Crippen molar-refractivity contribution >= 4 is 11.8 Å². The zero-order chi connectivity index (χ0) is 7.40. The van der Waals surface area contributed by atoms with Crippen LogP contribution in [0.15, 0.2) is 0 Å². The van der Waals surface area contributed by atoms with Gasteiger partial charge in [-0.3, -0.25) is 0 Å². The summed E-state index contributed by atoms with van der Waals surface area (Å²) in [6, 6.07) is 0. The maximum atomic E-state index is 3.98. The lowest BCUT2D eigenvalue weighted by Gasteiger charge is -2.27. The molecular weight excluding hydrogens is 142 g/mol. The van der Waals surface area contributed by atoms with Crippen molar-refractivity contribution in [3.8, 4) is 0 Å². The van der Waals surface area contributed by atoms with Crippen molar-refractivity contribution in [2.45, 2.75) is 6.92 Å². The average Bonchev–Trinajstić information content (AvgIpc) is 1.88. The van der Waals surface area contributed by atoms with Gasteiger partial charge in [0.15, 0.2) is 0 Å². The van der Waals surface area contributed by atoms with Crippen molar-refractivity contribution in [2.75, 3.05) is 31.1 Å². The van der Waals surface area contributed by atoms with Gasteiger partial charge >= 0.3 is 0 Å². The molecule has 0 spiro atoms. The van der Waals surface area contributed by atoms with E-state index in [4.69, 9.17) is 0 Å². The highest BCUT2D eigenvalue weighted by atomic mass is 32.2. The van der Waals surface area contributed by atoms with Gasteiger partial charge in [0.1, 0.15) is 0 Å². The third-order valence-corrected chi connectivity index (χ3v) is 2.62. The third-order valence-electron chi connectivity index (χ3n) is 1.67. The van der Waals surface area contributed by atoms with E-state index in [-0.39, 0.29) is 0 Å². The van der Waals surface area contributed by atoms with Gasteiger partial charge in [-0.1, -0.05) is 6.92 Å². The minimum Gasteiger partial charge on any atom is -0.301 e. The predicted molar refractivity (Wildman–Crippen MR) is 48.3 cm³/mol. The number of nitrogens with zero attached hydrogens (tertiary/aromatic N) is 1. The fourth-order valence-electron chi connectivity index (χ4n) is 1.22. The van der Waals surface area contributed by atoms with E-state index in [0.29, 0.717) is 5.92 Å². The van der Waals surface area contributed by atoms with Gasteiger partial charge in [-0.15, -0.1) is 0 Å². The fourth-order valence-corrected chi connectivity index (χ4v) is 2.20. The molecule has 59 valence electrons. The van der Waals surface area contributed by atoms with Gasteiger partial charge in [0.2, 0.25) is 0 Å². The van der Waals surface area contributed by atoms with Crippen LogP contribution in [0.25, 0.3) is 0 Å². The van der Waals surface area contributed by atoms with Crippen LogP contribution < -0.4 is 0 Å². The Kier molecular flexibility index (Phi) is 3.57. The molecule has 0 aromatic rings. The molecular formula is C8H16NS. The summed E-state index contributed by atoms with van der Waals surface area (Å²) >= 11 is 2.06. The third kappa shape index (κ3) is 2.93. The molecule has 10 heavy (non-hydrogen) atoms. The highest BCUT2D eigenvalue weighted by Gasteiger charge is 2.10. The molecule has 1 fully saturated rings. The van der Waals surface area contributed by atoms with Crippen molar-refractivity contribution < 1.29 is 0 Å². The zero-order valence-electron chi connectivity index (χ0n) is 6.68. The lowest BCUT2D eigenvalue weighted by Crippen LogP contribution is -2.35. The van der Waals surface area contributed by atoms with E-state index in [9.17, 15) is 0 Å². The molecule has 0 saturated carbocycles. The van der Waals surface area contributed by atoms with E-state index in [1.165, 1.54) is 31.1 Å². The molecule has 1 radical (unpaired) electrons. The van der Waals surface area contributed by atoms with Gasteiger partial charge in [-0.2, -0.15) is 11.8 Å². The minimum absolute atomic E-state index is 0.586. The van der Waals surface area contributed by atoms with Gasteiger partial charge < -0.3 is 4.90 Å². The first-order valence-electron chi connectivity index (χ1n) is 3.92. The van der Waals surface area contributed by atoms with E-state index >= 15 is 0 Å². The monoisotopic (exact) mass is 158 g/mol. The van der Waals surface area contributed by atoms with Crippen LogP contribution in [0.2, 0.25) is 0 Å². The molecule has 2 heteroatoms. The van der Waals surface area contributed by atoms with Crippen LogP contribution >= 0.6 is 11.8 Å². The maximum absolute atomic E-state index is 3.98. The van der Waals surface area contributed by atoms with Gasteiger partial charge in [0, 0.05) is 31.1 Å². The molecule has 0 aromatic heterocycles. The van der Waals surface area contributed by atoms with Crippen LogP contribution in [0.4, 0.5) is 0 Å². The Bertz CT molecular complexity index is 87.3. The molecule has 1 saturated heterocycles. The molecule has 1 unspecified atom stereocenters. The number of thioether (sulfide) groups is 1. The SMILES string of the molecule is [CH2]C(C)CN1CCSCC1. The van der Waals surface area contributed by atoms with Crippen LogP contribution in [0.5, 0.6) is 0 Å². The molecule has 0 aliphatic carbocycles. The summed E-state index contributed by atoms with van der Waals surface area (Å²) in [5, 5.41) is 0. The van der Waals surface area contributed by atoms with Crippen LogP contribution in [0.1, 0.15) is 6.92 Å². The van der Waals surface area contributed by atoms with Crippen molar-refractivity contribution in [3.63, 3.8) is 0 Å². The lowest BCUT2D eigenvalue weighted by molar-refractivity contribution is 0.278. The molecule has 0 amide bonds. The second kappa shape index (κ2) is 4.24. The van der Waals surface area contributed by atoms with Gasteiger partial charge in [0.25, 0.3) is 0 Å². The number of hydrogen-bond acceptors (Lipinski definition) is 2. The predicted octanol–water partition coefficient (Wildman–Crippen LogP) is 1.51. The smallest absolute Gasteiger partial charge is 0.00728 e. The Morgan fingerprint density at radius 2 is 2.10 bits per heavy atom.